The van der Waals surface area contributed by atoms with Crippen molar-refractivity contribution in [3.8, 4) is 11.3 Å². The first kappa shape index (κ1) is 26.4. The fourth-order valence-corrected chi connectivity index (χ4v) is 5.86. The molecule has 1 aliphatic heterocycles. The number of hydrogen-bond donors (Lipinski definition) is 3. The minimum absolute atomic E-state index is 0.216. The molecule has 38 heavy (non-hydrogen) atoms. The number of nitrogens with two attached hydrogens (primary N) is 1. The van der Waals surface area contributed by atoms with E-state index in [1.165, 1.54) is 5.56 Å². The molecule has 204 valence electrons. The molecular formula is C27H34F3N7O. The molecule has 0 radical (unpaired) electrons. The largest absolute Gasteiger partial charge is 0.422 e. The predicted octanol–water partition coefficient (Wildman–Crippen LogP) is 5.49. The summed E-state index contributed by atoms with van der Waals surface area (Å²) >= 11 is 0. The van der Waals surface area contributed by atoms with Gasteiger partial charge >= 0.3 is 6.18 Å². The van der Waals surface area contributed by atoms with Crippen molar-refractivity contribution in [3.05, 3.63) is 46.1 Å². The SMILES string of the molecule is Cc1cc(Nc2nc(N)nc(-c3cc(C)c([C@H]4CC[C@@H](N5CCOCC5)CC4)cc3C)c2C(F)(F)F)n[nH]1. The number of aryl methyl sites for hydroxylation is 3. The second kappa shape index (κ2) is 10.5. The molecular weight excluding hydrogens is 495 g/mol. The average Bonchev–Trinajstić information content (AvgIpc) is 3.29. The van der Waals surface area contributed by atoms with Gasteiger partial charge in [-0.1, -0.05) is 6.07 Å². The summed E-state index contributed by atoms with van der Waals surface area (Å²) in [6.45, 7) is 9.13. The fourth-order valence-electron chi connectivity index (χ4n) is 5.86. The Morgan fingerprint density at radius 3 is 2.34 bits per heavy atom. The van der Waals surface area contributed by atoms with Crippen molar-refractivity contribution in [1.29, 1.82) is 0 Å². The number of morpholine rings is 1. The van der Waals surface area contributed by atoms with Gasteiger partial charge < -0.3 is 15.8 Å². The van der Waals surface area contributed by atoms with Crippen molar-refractivity contribution in [3.63, 3.8) is 0 Å². The average molecular weight is 530 g/mol. The number of rotatable bonds is 5. The Labute approximate surface area is 220 Å². The molecule has 3 aromatic rings. The molecule has 2 aromatic heterocycles. The van der Waals surface area contributed by atoms with Gasteiger partial charge in [-0.05, 0) is 75.1 Å². The minimum atomic E-state index is -4.71. The summed E-state index contributed by atoms with van der Waals surface area (Å²) in [5, 5.41) is 9.36. The molecule has 0 spiro atoms. The maximum absolute atomic E-state index is 14.4. The number of hydrogen-bond acceptors (Lipinski definition) is 7. The van der Waals surface area contributed by atoms with Gasteiger partial charge in [0.05, 0.1) is 18.9 Å². The fraction of sp³-hybridized carbons (Fsp3) is 0.519. The van der Waals surface area contributed by atoms with Gasteiger partial charge in [-0.3, -0.25) is 10.00 Å². The Kier molecular flexibility index (Phi) is 7.32. The molecule has 3 heterocycles. The Morgan fingerprint density at radius 2 is 1.71 bits per heavy atom. The summed E-state index contributed by atoms with van der Waals surface area (Å²) < 4.78 is 48.8. The summed E-state index contributed by atoms with van der Waals surface area (Å²) in [5.74, 6) is -0.0647. The standard InChI is InChI=1S/C27H34F3N7O/c1-15-13-21(16(2)12-20(15)18-4-6-19(7-5-18)37-8-10-38-11-9-37)24-23(27(28,29)30)25(34-26(31)33-24)32-22-14-17(3)35-36-22/h12-14,18-19H,4-11H2,1-3H3,(H4,31,32,33,34,35,36)/t18-,19+. The van der Waals surface area contributed by atoms with Crippen molar-refractivity contribution in [1.82, 2.24) is 25.1 Å². The van der Waals surface area contributed by atoms with Crippen LogP contribution in [0.3, 0.4) is 0 Å². The number of anilines is 3. The van der Waals surface area contributed by atoms with Gasteiger partial charge in [-0.25, -0.2) is 4.98 Å². The first-order valence-electron chi connectivity index (χ1n) is 13.1. The summed E-state index contributed by atoms with van der Waals surface area (Å²) in [6, 6.07) is 6.03. The molecule has 0 atom stereocenters. The minimum Gasteiger partial charge on any atom is -0.379 e. The second-order valence-corrected chi connectivity index (χ2v) is 10.4. The van der Waals surface area contributed by atoms with Crippen LogP contribution in [0.5, 0.6) is 0 Å². The maximum atomic E-state index is 14.4. The van der Waals surface area contributed by atoms with Gasteiger partial charge in [0.15, 0.2) is 5.82 Å². The molecule has 8 nitrogen and oxygen atoms in total. The highest BCUT2D eigenvalue weighted by atomic mass is 19.4. The van der Waals surface area contributed by atoms with E-state index in [0.29, 0.717) is 23.2 Å². The summed E-state index contributed by atoms with van der Waals surface area (Å²) in [7, 11) is 0. The van der Waals surface area contributed by atoms with Crippen LogP contribution in [-0.4, -0.2) is 57.4 Å². The molecule has 0 amide bonds. The lowest BCUT2D eigenvalue weighted by atomic mass is 9.78. The van der Waals surface area contributed by atoms with Crippen molar-refractivity contribution in [2.75, 3.05) is 37.4 Å². The number of nitrogen functional groups attached to an aromatic ring is 1. The van der Waals surface area contributed by atoms with Crippen LogP contribution in [0.25, 0.3) is 11.3 Å². The van der Waals surface area contributed by atoms with Crippen LogP contribution in [0.4, 0.5) is 30.8 Å². The van der Waals surface area contributed by atoms with Gasteiger partial charge in [0.25, 0.3) is 0 Å². The van der Waals surface area contributed by atoms with Crippen molar-refractivity contribution < 1.29 is 17.9 Å². The van der Waals surface area contributed by atoms with Crippen molar-refractivity contribution in [2.45, 2.75) is 64.6 Å². The van der Waals surface area contributed by atoms with E-state index in [2.05, 4.69) is 30.4 Å². The van der Waals surface area contributed by atoms with E-state index in [-0.39, 0.29) is 17.5 Å². The number of aromatic nitrogens is 4. The van der Waals surface area contributed by atoms with Gasteiger partial charge in [0.2, 0.25) is 5.95 Å². The molecule has 4 N–H and O–H groups in total. The maximum Gasteiger partial charge on any atom is 0.422 e. The van der Waals surface area contributed by atoms with Gasteiger partial charge in [0, 0.05) is 36.5 Å². The van der Waals surface area contributed by atoms with Gasteiger partial charge in [-0.2, -0.15) is 23.3 Å². The van der Waals surface area contributed by atoms with Crippen molar-refractivity contribution >= 4 is 17.6 Å². The summed E-state index contributed by atoms with van der Waals surface area (Å²) in [5.41, 5.74) is 8.70. The number of benzene rings is 1. The third kappa shape index (κ3) is 5.49. The lowest BCUT2D eigenvalue weighted by Gasteiger charge is -2.39. The van der Waals surface area contributed by atoms with Crippen LogP contribution in [0.2, 0.25) is 0 Å². The second-order valence-electron chi connectivity index (χ2n) is 10.4. The molecule has 0 bridgehead atoms. The van der Waals surface area contributed by atoms with E-state index in [4.69, 9.17) is 10.5 Å². The Balaban J connectivity index is 1.45. The zero-order chi connectivity index (χ0) is 27.0. The van der Waals surface area contributed by atoms with E-state index in [0.717, 1.165) is 63.1 Å². The topological polar surface area (TPSA) is 105 Å². The van der Waals surface area contributed by atoms with Crippen molar-refractivity contribution in [2.24, 2.45) is 0 Å². The van der Waals surface area contributed by atoms with Gasteiger partial charge in [0.1, 0.15) is 11.4 Å². The Bertz CT molecular complexity index is 1290. The molecule has 2 aliphatic rings. The van der Waals surface area contributed by atoms with E-state index in [1.807, 2.05) is 26.0 Å². The van der Waals surface area contributed by atoms with Crippen LogP contribution < -0.4 is 11.1 Å². The first-order valence-corrected chi connectivity index (χ1v) is 13.1. The number of ether oxygens (including phenoxy) is 1. The highest BCUT2D eigenvalue weighted by Crippen LogP contribution is 2.44. The van der Waals surface area contributed by atoms with Crippen LogP contribution >= 0.6 is 0 Å². The normalized spacial score (nSPS) is 21.0. The Morgan fingerprint density at radius 1 is 1.00 bits per heavy atom. The van der Waals surface area contributed by atoms with E-state index >= 15 is 0 Å². The molecule has 1 aromatic carbocycles. The summed E-state index contributed by atoms with van der Waals surface area (Å²) in [6.07, 6.45) is -0.353. The Hall–Kier alpha value is -3.18. The van der Waals surface area contributed by atoms with E-state index < -0.39 is 17.6 Å². The molecule has 1 saturated heterocycles. The smallest absolute Gasteiger partial charge is 0.379 e. The molecule has 1 aliphatic carbocycles. The van der Waals surface area contributed by atoms with E-state index in [9.17, 15) is 13.2 Å². The molecule has 0 unspecified atom stereocenters. The van der Waals surface area contributed by atoms with Crippen LogP contribution in [0, 0.1) is 20.8 Å². The van der Waals surface area contributed by atoms with Crippen LogP contribution in [0.1, 0.15) is 59.5 Å². The quantitative estimate of drug-likeness (QED) is 0.401. The zero-order valence-electron chi connectivity index (χ0n) is 22.0. The predicted molar refractivity (Wildman–Crippen MR) is 140 cm³/mol. The lowest BCUT2D eigenvalue weighted by Crippen LogP contribution is -2.44. The molecule has 11 heteroatoms. The van der Waals surface area contributed by atoms with Crippen LogP contribution in [0.15, 0.2) is 18.2 Å². The number of nitrogens with zero attached hydrogens (tertiary/aromatic N) is 4. The van der Waals surface area contributed by atoms with Crippen LogP contribution in [-0.2, 0) is 10.9 Å². The number of aromatic amines is 1. The number of nitrogens with one attached hydrogen (secondary N) is 2. The zero-order valence-corrected chi connectivity index (χ0v) is 22.0. The third-order valence-electron chi connectivity index (χ3n) is 7.73. The number of H-pyrrole nitrogens is 1. The highest BCUT2D eigenvalue weighted by Gasteiger charge is 2.40. The number of alkyl halides is 3. The molecule has 5 rings (SSSR count). The highest BCUT2D eigenvalue weighted by molar-refractivity contribution is 5.76. The molecule has 1 saturated carbocycles. The lowest BCUT2D eigenvalue weighted by molar-refractivity contribution is -0.136. The van der Waals surface area contributed by atoms with Gasteiger partial charge in [-0.15, -0.1) is 0 Å². The molecule has 2 fully saturated rings. The monoisotopic (exact) mass is 529 g/mol. The van der Waals surface area contributed by atoms with E-state index in [1.54, 1.807) is 13.0 Å². The summed E-state index contributed by atoms with van der Waals surface area (Å²) in [4.78, 5) is 10.5. The third-order valence-corrected chi connectivity index (χ3v) is 7.73. The number of halogens is 3. The first-order chi connectivity index (χ1) is 18.1.